The zero-order valence-electron chi connectivity index (χ0n) is 9.09. The molecule has 0 saturated heterocycles. The van der Waals surface area contributed by atoms with Crippen molar-refractivity contribution in [3.05, 3.63) is 58.1 Å². The van der Waals surface area contributed by atoms with Gasteiger partial charge in [0.15, 0.2) is 0 Å². The van der Waals surface area contributed by atoms with Crippen LogP contribution in [0.5, 0.6) is 11.5 Å². The number of alkyl halides is 1. The molecule has 5 heteroatoms. The van der Waals surface area contributed by atoms with E-state index in [0.29, 0.717) is 5.75 Å². The van der Waals surface area contributed by atoms with Crippen LogP contribution >= 0.6 is 27.5 Å². The summed E-state index contributed by atoms with van der Waals surface area (Å²) in [6, 6.07) is 8.31. The van der Waals surface area contributed by atoms with E-state index < -0.39 is 11.6 Å². The van der Waals surface area contributed by atoms with E-state index in [2.05, 4.69) is 15.9 Å². The van der Waals surface area contributed by atoms with Crippen molar-refractivity contribution in [2.45, 2.75) is 5.88 Å². The second-order valence-corrected chi connectivity index (χ2v) is 4.78. The third kappa shape index (κ3) is 3.21. The van der Waals surface area contributed by atoms with Crippen molar-refractivity contribution in [2.75, 3.05) is 0 Å². The van der Waals surface area contributed by atoms with Crippen LogP contribution in [0.15, 0.2) is 40.9 Å². The first kappa shape index (κ1) is 13.3. The molecule has 2 rings (SSSR count). The summed E-state index contributed by atoms with van der Waals surface area (Å²) in [5.74, 6) is -0.568. The van der Waals surface area contributed by atoms with Crippen molar-refractivity contribution in [1.82, 2.24) is 0 Å². The molecule has 0 N–H and O–H groups in total. The molecular formula is C13H8BrClF2O. The Morgan fingerprint density at radius 1 is 1.06 bits per heavy atom. The van der Waals surface area contributed by atoms with Crippen LogP contribution in [0.4, 0.5) is 8.78 Å². The Balaban J connectivity index is 2.35. The summed E-state index contributed by atoms with van der Waals surface area (Å²) in [6.07, 6.45) is 0. The number of hydrogen-bond acceptors (Lipinski definition) is 1. The summed E-state index contributed by atoms with van der Waals surface area (Å²) in [5.41, 5.74) is 0.740. The maximum atomic E-state index is 13.0. The lowest BCUT2D eigenvalue weighted by molar-refractivity contribution is 0.464. The van der Waals surface area contributed by atoms with Crippen molar-refractivity contribution in [3.63, 3.8) is 0 Å². The minimum absolute atomic E-state index is 0.0944. The van der Waals surface area contributed by atoms with Crippen molar-refractivity contribution in [1.29, 1.82) is 0 Å². The molecular weight excluding hydrogens is 325 g/mol. The predicted molar refractivity (Wildman–Crippen MR) is 70.1 cm³/mol. The Morgan fingerprint density at radius 3 is 2.33 bits per heavy atom. The second-order valence-electron chi connectivity index (χ2n) is 3.59. The van der Waals surface area contributed by atoms with Crippen molar-refractivity contribution >= 4 is 27.5 Å². The van der Waals surface area contributed by atoms with E-state index in [9.17, 15) is 8.78 Å². The molecule has 94 valence electrons. The average molecular weight is 334 g/mol. The van der Waals surface area contributed by atoms with E-state index in [0.717, 1.165) is 28.2 Å². The van der Waals surface area contributed by atoms with Crippen LogP contribution in [-0.4, -0.2) is 0 Å². The monoisotopic (exact) mass is 332 g/mol. The highest BCUT2D eigenvalue weighted by atomic mass is 79.9. The van der Waals surface area contributed by atoms with Gasteiger partial charge in [-0.05, 0) is 12.1 Å². The normalized spacial score (nSPS) is 10.4. The summed E-state index contributed by atoms with van der Waals surface area (Å²) in [6.45, 7) is 0. The Kier molecular flexibility index (Phi) is 4.19. The fourth-order valence-electron chi connectivity index (χ4n) is 1.45. The first-order valence-corrected chi connectivity index (χ1v) is 6.39. The molecule has 0 bridgehead atoms. The number of benzene rings is 2. The molecule has 0 spiro atoms. The van der Waals surface area contributed by atoms with Crippen LogP contribution in [0.2, 0.25) is 0 Å². The topological polar surface area (TPSA) is 9.23 Å². The molecule has 0 saturated carbocycles. The number of ether oxygens (including phenoxy) is 1. The average Bonchev–Trinajstić information content (AvgIpc) is 2.27. The van der Waals surface area contributed by atoms with Gasteiger partial charge in [0, 0.05) is 28.2 Å². The molecule has 1 nitrogen and oxygen atoms in total. The Morgan fingerprint density at radius 2 is 1.72 bits per heavy atom. The van der Waals surface area contributed by atoms with Gasteiger partial charge in [-0.25, -0.2) is 8.78 Å². The fourth-order valence-corrected chi connectivity index (χ4v) is 2.01. The summed E-state index contributed by atoms with van der Waals surface area (Å²) in [4.78, 5) is 0. The van der Waals surface area contributed by atoms with Gasteiger partial charge < -0.3 is 4.74 Å². The lowest BCUT2D eigenvalue weighted by Gasteiger charge is -2.10. The van der Waals surface area contributed by atoms with Gasteiger partial charge in [0.05, 0.1) is 5.88 Å². The van der Waals surface area contributed by atoms with E-state index in [4.69, 9.17) is 16.3 Å². The molecule has 0 radical (unpaired) electrons. The molecule has 2 aromatic rings. The zero-order valence-corrected chi connectivity index (χ0v) is 11.4. The predicted octanol–water partition coefficient (Wildman–Crippen LogP) is 5.26. The highest BCUT2D eigenvalue weighted by molar-refractivity contribution is 9.10. The van der Waals surface area contributed by atoms with Gasteiger partial charge in [-0.3, -0.25) is 0 Å². The molecule has 0 atom stereocenters. The van der Waals surface area contributed by atoms with Gasteiger partial charge in [0.1, 0.15) is 23.1 Å². The summed E-state index contributed by atoms with van der Waals surface area (Å²) in [5, 5.41) is 0. The van der Waals surface area contributed by atoms with Crippen LogP contribution in [0.25, 0.3) is 0 Å². The van der Waals surface area contributed by atoms with Crippen LogP contribution in [-0.2, 0) is 5.88 Å². The smallest absolute Gasteiger partial charge is 0.133 e. The Labute approximate surface area is 116 Å². The van der Waals surface area contributed by atoms with Gasteiger partial charge in [0.25, 0.3) is 0 Å². The van der Waals surface area contributed by atoms with Crippen molar-refractivity contribution < 1.29 is 13.5 Å². The highest BCUT2D eigenvalue weighted by Crippen LogP contribution is 2.30. The van der Waals surface area contributed by atoms with Gasteiger partial charge >= 0.3 is 0 Å². The van der Waals surface area contributed by atoms with E-state index in [1.807, 2.05) is 6.07 Å². The van der Waals surface area contributed by atoms with E-state index in [1.165, 1.54) is 0 Å². The standard InChI is InChI=1S/C13H8BrClF2O/c14-9-2-1-8(7-15)13(3-9)18-12-5-10(16)4-11(17)6-12/h1-6H,7H2. The van der Waals surface area contributed by atoms with Crippen molar-refractivity contribution in [2.24, 2.45) is 0 Å². The third-order valence-electron chi connectivity index (χ3n) is 2.24. The summed E-state index contributed by atoms with van der Waals surface area (Å²) >= 11 is 9.07. The molecule has 0 fully saturated rings. The molecule has 0 aliphatic rings. The van der Waals surface area contributed by atoms with Gasteiger partial charge in [-0.15, -0.1) is 11.6 Å². The molecule has 0 heterocycles. The van der Waals surface area contributed by atoms with Crippen LogP contribution in [0.3, 0.4) is 0 Å². The molecule has 18 heavy (non-hydrogen) atoms. The zero-order chi connectivity index (χ0) is 13.1. The van der Waals surface area contributed by atoms with Crippen LogP contribution in [0, 0.1) is 11.6 Å². The van der Waals surface area contributed by atoms with Gasteiger partial charge in [0.2, 0.25) is 0 Å². The minimum atomic E-state index is -0.688. The highest BCUT2D eigenvalue weighted by Gasteiger charge is 2.07. The molecule has 0 aliphatic carbocycles. The fraction of sp³-hybridized carbons (Fsp3) is 0.0769. The maximum absolute atomic E-state index is 13.0. The first-order chi connectivity index (χ1) is 8.58. The molecule has 0 amide bonds. The van der Waals surface area contributed by atoms with Crippen LogP contribution in [0.1, 0.15) is 5.56 Å². The molecule has 0 unspecified atom stereocenters. The number of halogens is 4. The SMILES string of the molecule is Fc1cc(F)cc(Oc2cc(Br)ccc2CCl)c1. The van der Waals surface area contributed by atoms with Crippen LogP contribution < -0.4 is 4.74 Å². The van der Waals surface area contributed by atoms with E-state index in [1.54, 1.807) is 12.1 Å². The lowest BCUT2D eigenvalue weighted by Crippen LogP contribution is -1.91. The Bertz CT molecular complexity index is 555. The van der Waals surface area contributed by atoms with Gasteiger partial charge in [-0.2, -0.15) is 0 Å². The van der Waals surface area contributed by atoms with E-state index in [-0.39, 0.29) is 11.6 Å². The second kappa shape index (κ2) is 5.67. The van der Waals surface area contributed by atoms with E-state index >= 15 is 0 Å². The number of rotatable bonds is 3. The first-order valence-electron chi connectivity index (χ1n) is 5.07. The quantitative estimate of drug-likeness (QED) is 0.696. The Hall–Kier alpha value is -1.13. The number of hydrogen-bond donors (Lipinski definition) is 0. The minimum Gasteiger partial charge on any atom is -0.457 e. The lowest BCUT2D eigenvalue weighted by atomic mass is 10.2. The molecule has 0 aliphatic heterocycles. The molecule has 2 aromatic carbocycles. The summed E-state index contributed by atoms with van der Waals surface area (Å²) < 4.78 is 32.3. The maximum Gasteiger partial charge on any atom is 0.133 e. The largest absolute Gasteiger partial charge is 0.457 e. The van der Waals surface area contributed by atoms with Crippen molar-refractivity contribution in [3.8, 4) is 11.5 Å². The van der Waals surface area contributed by atoms with Gasteiger partial charge in [-0.1, -0.05) is 22.0 Å². The third-order valence-corrected chi connectivity index (χ3v) is 3.02. The molecule has 0 aromatic heterocycles. The summed E-state index contributed by atoms with van der Waals surface area (Å²) in [7, 11) is 0.